The van der Waals surface area contributed by atoms with Crippen LogP contribution in [0.15, 0.2) is 18.2 Å². The number of ether oxygens (including phenoxy) is 2. The third kappa shape index (κ3) is 1.55. The molecule has 0 amide bonds. The fourth-order valence-corrected chi connectivity index (χ4v) is 1.80. The van der Waals surface area contributed by atoms with Crippen molar-refractivity contribution in [1.82, 2.24) is 0 Å². The van der Waals surface area contributed by atoms with Gasteiger partial charge in [-0.3, -0.25) is 0 Å². The van der Waals surface area contributed by atoms with Gasteiger partial charge in [0.1, 0.15) is 11.5 Å². The molecule has 0 bridgehead atoms. The predicted molar refractivity (Wildman–Crippen MR) is 54.6 cm³/mol. The Balaban J connectivity index is 2.39. The molecule has 76 valence electrons. The van der Waals surface area contributed by atoms with Crippen molar-refractivity contribution >= 4 is 0 Å². The predicted octanol–water partition coefficient (Wildman–Crippen LogP) is 1.87. The summed E-state index contributed by atoms with van der Waals surface area (Å²) in [5.74, 6) is 1.67. The number of fused-ring (bicyclic) bond motifs is 1. The summed E-state index contributed by atoms with van der Waals surface area (Å²) in [5, 5.41) is 0. The number of benzene rings is 1. The molecule has 0 aliphatic carbocycles. The van der Waals surface area contributed by atoms with E-state index in [0.717, 1.165) is 23.5 Å². The van der Waals surface area contributed by atoms with Crippen LogP contribution in [0.5, 0.6) is 11.5 Å². The van der Waals surface area contributed by atoms with Crippen molar-refractivity contribution in [3.63, 3.8) is 0 Å². The zero-order valence-electron chi connectivity index (χ0n) is 8.49. The van der Waals surface area contributed by atoms with Crippen molar-refractivity contribution in [2.45, 2.75) is 25.5 Å². The minimum absolute atomic E-state index is 0.0830. The maximum atomic E-state index is 6.01. The molecule has 3 heteroatoms. The first kappa shape index (κ1) is 9.34. The third-order valence-electron chi connectivity index (χ3n) is 2.53. The van der Waals surface area contributed by atoms with E-state index in [2.05, 4.69) is 0 Å². The molecule has 0 unspecified atom stereocenters. The second-order valence-corrected chi connectivity index (χ2v) is 3.67. The van der Waals surface area contributed by atoms with Crippen LogP contribution in [0.1, 0.15) is 24.9 Å². The lowest BCUT2D eigenvalue weighted by molar-refractivity contribution is 0.176. The first-order valence-corrected chi connectivity index (χ1v) is 4.81. The van der Waals surface area contributed by atoms with Gasteiger partial charge in [0.2, 0.25) is 0 Å². The highest BCUT2D eigenvalue weighted by Crippen LogP contribution is 2.35. The van der Waals surface area contributed by atoms with Crippen LogP contribution >= 0.6 is 0 Å². The molecule has 1 aliphatic rings. The number of hydrogen-bond acceptors (Lipinski definition) is 3. The van der Waals surface area contributed by atoms with Gasteiger partial charge in [0, 0.05) is 24.1 Å². The highest BCUT2D eigenvalue weighted by Gasteiger charge is 2.23. The summed E-state index contributed by atoms with van der Waals surface area (Å²) >= 11 is 0. The molecule has 1 heterocycles. The van der Waals surface area contributed by atoms with Crippen LogP contribution in [0.4, 0.5) is 0 Å². The summed E-state index contributed by atoms with van der Waals surface area (Å²) in [4.78, 5) is 0. The standard InChI is InChI=1S/C11H15NO2/c1-7-5-10(12)9-4-3-8(13-2)6-11(9)14-7/h3-4,6-7,10H,5,12H2,1-2H3/t7-,10+/m0/s1. The minimum atomic E-state index is 0.0830. The van der Waals surface area contributed by atoms with E-state index in [0.29, 0.717) is 0 Å². The van der Waals surface area contributed by atoms with E-state index in [1.54, 1.807) is 7.11 Å². The van der Waals surface area contributed by atoms with E-state index < -0.39 is 0 Å². The van der Waals surface area contributed by atoms with Gasteiger partial charge >= 0.3 is 0 Å². The molecule has 14 heavy (non-hydrogen) atoms. The lowest BCUT2D eigenvalue weighted by Gasteiger charge is -2.28. The summed E-state index contributed by atoms with van der Waals surface area (Å²) in [5.41, 5.74) is 7.08. The SMILES string of the molecule is COc1ccc2c(c1)O[C@@H](C)C[C@H]2N. The van der Waals surface area contributed by atoms with E-state index >= 15 is 0 Å². The van der Waals surface area contributed by atoms with Gasteiger partial charge in [-0.25, -0.2) is 0 Å². The first-order chi connectivity index (χ1) is 6.70. The smallest absolute Gasteiger partial charge is 0.128 e. The fourth-order valence-electron chi connectivity index (χ4n) is 1.80. The second-order valence-electron chi connectivity index (χ2n) is 3.67. The Morgan fingerprint density at radius 1 is 1.50 bits per heavy atom. The number of nitrogens with two attached hydrogens (primary N) is 1. The van der Waals surface area contributed by atoms with E-state index in [1.165, 1.54) is 0 Å². The molecule has 1 aromatic carbocycles. The minimum Gasteiger partial charge on any atom is -0.497 e. The summed E-state index contributed by atoms with van der Waals surface area (Å²) in [7, 11) is 1.65. The second kappa shape index (κ2) is 3.50. The van der Waals surface area contributed by atoms with Gasteiger partial charge in [-0.15, -0.1) is 0 Å². The van der Waals surface area contributed by atoms with Crippen molar-refractivity contribution < 1.29 is 9.47 Å². The van der Waals surface area contributed by atoms with Crippen LogP contribution in [-0.2, 0) is 0 Å². The topological polar surface area (TPSA) is 44.5 Å². The Morgan fingerprint density at radius 3 is 3.00 bits per heavy atom. The van der Waals surface area contributed by atoms with Crippen molar-refractivity contribution in [3.05, 3.63) is 23.8 Å². The van der Waals surface area contributed by atoms with Crippen molar-refractivity contribution in [1.29, 1.82) is 0 Å². The van der Waals surface area contributed by atoms with Gasteiger partial charge in [0.25, 0.3) is 0 Å². The van der Waals surface area contributed by atoms with Gasteiger partial charge in [0.05, 0.1) is 13.2 Å². The van der Waals surface area contributed by atoms with Gasteiger partial charge in [-0.1, -0.05) is 6.07 Å². The molecule has 0 spiro atoms. The molecule has 2 rings (SSSR count). The van der Waals surface area contributed by atoms with E-state index in [9.17, 15) is 0 Å². The lowest BCUT2D eigenvalue weighted by atomic mass is 9.98. The highest BCUT2D eigenvalue weighted by atomic mass is 16.5. The molecule has 0 saturated carbocycles. The summed E-state index contributed by atoms with van der Waals surface area (Å²) in [6.07, 6.45) is 1.06. The number of hydrogen-bond donors (Lipinski definition) is 1. The molecule has 3 nitrogen and oxygen atoms in total. The molecule has 2 atom stereocenters. The Bertz CT molecular complexity index is 338. The Kier molecular flexibility index (Phi) is 2.33. The molecule has 2 N–H and O–H groups in total. The molecule has 1 aromatic rings. The van der Waals surface area contributed by atoms with E-state index in [1.807, 2.05) is 25.1 Å². The average molecular weight is 193 g/mol. The largest absolute Gasteiger partial charge is 0.497 e. The molecular formula is C11H15NO2. The molecule has 0 aromatic heterocycles. The third-order valence-corrected chi connectivity index (χ3v) is 2.53. The Labute approximate surface area is 83.8 Å². The number of methoxy groups -OCH3 is 1. The van der Waals surface area contributed by atoms with Crippen LogP contribution < -0.4 is 15.2 Å². The average Bonchev–Trinajstić information content (AvgIpc) is 2.16. The zero-order chi connectivity index (χ0) is 10.1. The van der Waals surface area contributed by atoms with Crippen molar-refractivity contribution in [2.24, 2.45) is 5.73 Å². The molecule has 0 saturated heterocycles. The van der Waals surface area contributed by atoms with Gasteiger partial charge in [-0.05, 0) is 13.0 Å². The Hall–Kier alpha value is -1.22. The normalized spacial score (nSPS) is 25.1. The van der Waals surface area contributed by atoms with Crippen molar-refractivity contribution in [3.8, 4) is 11.5 Å². The van der Waals surface area contributed by atoms with Crippen LogP contribution in [-0.4, -0.2) is 13.2 Å². The Morgan fingerprint density at radius 2 is 2.29 bits per heavy atom. The lowest BCUT2D eigenvalue weighted by Crippen LogP contribution is -2.27. The van der Waals surface area contributed by atoms with Crippen LogP contribution in [0.3, 0.4) is 0 Å². The van der Waals surface area contributed by atoms with Crippen LogP contribution in [0, 0.1) is 0 Å². The monoisotopic (exact) mass is 193 g/mol. The fraction of sp³-hybridized carbons (Fsp3) is 0.455. The first-order valence-electron chi connectivity index (χ1n) is 4.81. The quantitative estimate of drug-likeness (QED) is 0.740. The van der Waals surface area contributed by atoms with Gasteiger partial charge in [0.15, 0.2) is 0 Å². The zero-order valence-corrected chi connectivity index (χ0v) is 8.49. The summed E-state index contributed by atoms with van der Waals surface area (Å²) in [6, 6.07) is 5.87. The van der Waals surface area contributed by atoms with Crippen molar-refractivity contribution in [2.75, 3.05) is 7.11 Å². The van der Waals surface area contributed by atoms with Crippen LogP contribution in [0.2, 0.25) is 0 Å². The molecule has 1 aliphatic heterocycles. The molecule has 0 fully saturated rings. The van der Waals surface area contributed by atoms with E-state index in [4.69, 9.17) is 15.2 Å². The summed E-state index contributed by atoms with van der Waals surface area (Å²) in [6.45, 7) is 2.03. The van der Waals surface area contributed by atoms with E-state index in [-0.39, 0.29) is 12.1 Å². The van der Waals surface area contributed by atoms with Gasteiger partial charge < -0.3 is 15.2 Å². The van der Waals surface area contributed by atoms with Crippen LogP contribution in [0.25, 0.3) is 0 Å². The maximum Gasteiger partial charge on any atom is 0.128 e. The highest BCUT2D eigenvalue weighted by molar-refractivity contribution is 5.43. The maximum absolute atomic E-state index is 6.01. The number of rotatable bonds is 1. The van der Waals surface area contributed by atoms with Gasteiger partial charge in [-0.2, -0.15) is 0 Å². The molecule has 0 radical (unpaired) electrons. The summed E-state index contributed by atoms with van der Waals surface area (Å²) < 4.78 is 10.8. The molecular weight excluding hydrogens is 178 g/mol.